The predicted molar refractivity (Wildman–Crippen MR) is 207 cm³/mol. The second kappa shape index (κ2) is 12.0. The Morgan fingerprint density at radius 3 is 1.47 bits per heavy atom. The summed E-state index contributed by atoms with van der Waals surface area (Å²) in [5.41, 5.74) is 12.7. The van der Waals surface area contributed by atoms with Gasteiger partial charge in [-0.3, -0.25) is 0 Å². The van der Waals surface area contributed by atoms with E-state index in [0.717, 1.165) is 38.9 Å². The van der Waals surface area contributed by atoms with Gasteiger partial charge in [0.2, 0.25) is 0 Å². The molecule has 0 aliphatic heterocycles. The number of aromatic nitrogens is 3. The van der Waals surface area contributed by atoms with Crippen molar-refractivity contribution in [2.45, 2.75) is 19.3 Å². The molecule has 4 heteroatoms. The minimum Gasteiger partial charge on any atom is -0.208 e. The molecule has 7 aromatic carbocycles. The van der Waals surface area contributed by atoms with Gasteiger partial charge in [-0.1, -0.05) is 159 Å². The van der Waals surface area contributed by atoms with Crippen LogP contribution in [-0.4, -0.2) is 15.0 Å². The summed E-state index contributed by atoms with van der Waals surface area (Å²) in [5, 5.41) is 12.3. The SMILES string of the molecule is CC1(C)c2cc(-c3ccc(-c4ccc(-c5nc(-c6ccccc6)nc(-c6ccccc6)n5)cc4)c4ccccc34)ccc2-c2c(C#N)cccc21. The molecule has 0 fully saturated rings. The zero-order chi connectivity index (χ0) is 34.5. The molecule has 0 saturated heterocycles. The molecule has 1 aliphatic rings. The summed E-state index contributed by atoms with van der Waals surface area (Å²) in [5.74, 6) is 1.93. The maximum atomic E-state index is 9.89. The van der Waals surface area contributed by atoms with Gasteiger partial charge in [0.1, 0.15) is 0 Å². The molecule has 0 amide bonds. The number of hydrogen-bond acceptors (Lipinski definition) is 4. The van der Waals surface area contributed by atoms with Gasteiger partial charge in [-0.05, 0) is 61.8 Å². The van der Waals surface area contributed by atoms with Crippen molar-refractivity contribution >= 4 is 10.8 Å². The van der Waals surface area contributed by atoms with E-state index in [9.17, 15) is 5.26 Å². The molecule has 0 spiro atoms. The molecule has 240 valence electrons. The molecular formula is C47H32N4. The van der Waals surface area contributed by atoms with E-state index >= 15 is 0 Å². The number of fused-ring (bicyclic) bond motifs is 4. The van der Waals surface area contributed by atoms with E-state index in [1.807, 2.05) is 72.8 Å². The minimum atomic E-state index is -0.201. The molecule has 51 heavy (non-hydrogen) atoms. The third-order valence-electron chi connectivity index (χ3n) is 10.2. The van der Waals surface area contributed by atoms with Crippen molar-refractivity contribution < 1.29 is 0 Å². The van der Waals surface area contributed by atoms with Crippen molar-refractivity contribution in [3.8, 4) is 73.6 Å². The molecule has 0 N–H and O–H groups in total. The van der Waals surface area contributed by atoms with Crippen molar-refractivity contribution in [3.05, 3.63) is 174 Å². The van der Waals surface area contributed by atoms with E-state index in [0.29, 0.717) is 17.5 Å². The third kappa shape index (κ3) is 5.10. The number of benzene rings is 7. The summed E-state index contributed by atoms with van der Waals surface area (Å²) in [6, 6.07) is 57.0. The van der Waals surface area contributed by atoms with Crippen LogP contribution in [0.2, 0.25) is 0 Å². The molecule has 0 atom stereocenters. The van der Waals surface area contributed by atoms with Crippen LogP contribution in [0, 0.1) is 11.3 Å². The van der Waals surface area contributed by atoms with Gasteiger partial charge in [-0.25, -0.2) is 15.0 Å². The summed E-state index contributed by atoms with van der Waals surface area (Å²) in [7, 11) is 0. The van der Waals surface area contributed by atoms with Gasteiger partial charge in [-0.15, -0.1) is 0 Å². The number of hydrogen-bond donors (Lipinski definition) is 0. The van der Waals surface area contributed by atoms with Crippen LogP contribution in [-0.2, 0) is 5.41 Å². The van der Waals surface area contributed by atoms with Crippen LogP contribution in [0.5, 0.6) is 0 Å². The molecule has 0 radical (unpaired) electrons. The fourth-order valence-corrected chi connectivity index (χ4v) is 7.59. The minimum absolute atomic E-state index is 0.201. The fourth-order valence-electron chi connectivity index (χ4n) is 7.59. The quantitative estimate of drug-likeness (QED) is 0.186. The molecule has 8 aromatic rings. The van der Waals surface area contributed by atoms with Crippen molar-refractivity contribution in [2.75, 3.05) is 0 Å². The van der Waals surface area contributed by atoms with Crippen molar-refractivity contribution in [3.63, 3.8) is 0 Å². The molecule has 0 saturated carbocycles. The molecule has 1 heterocycles. The monoisotopic (exact) mass is 652 g/mol. The van der Waals surface area contributed by atoms with E-state index in [-0.39, 0.29) is 5.41 Å². The maximum absolute atomic E-state index is 9.89. The average molecular weight is 653 g/mol. The van der Waals surface area contributed by atoms with Gasteiger partial charge in [0.05, 0.1) is 11.6 Å². The normalized spacial score (nSPS) is 12.6. The molecule has 0 unspecified atom stereocenters. The zero-order valence-electron chi connectivity index (χ0n) is 28.3. The van der Waals surface area contributed by atoms with Crippen molar-refractivity contribution in [2.24, 2.45) is 0 Å². The smallest absolute Gasteiger partial charge is 0.164 e. The lowest BCUT2D eigenvalue weighted by Gasteiger charge is -2.22. The van der Waals surface area contributed by atoms with Crippen LogP contribution in [0.1, 0.15) is 30.5 Å². The number of rotatable bonds is 5. The Morgan fingerprint density at radius 2 is 0.902 bits per heavy atom. The standard InChI is InChI=1S/C47H32N4/c1-47(2)41-19-11-16-35(29-48)43(41)40-25-24-34(28-42(40)47)37-27-26-36(38-17-9-10-18-39(37)38)30-20-22-33(23-21-30)46-50-44(31-12-5-3-6-13-31)49-45(51-46)32-14-7-4-8-15-32/h3-28H,1-2H3. The summed E-state index contributed by atoms with van der Waals surface area (Å²) >= 11 is 0. The average Bonchev–Trinajstić information content (AvgIpc) is 3.43. The van der Waals surface area contributed by atoms with Gasteiger partial charge < -0.3 is 0 Å². The Kier molecular flexibility index (Phi) is 7.15. The predicted octanol–water partition coefficient (Wildman–Crippen LogP) is 11.5. The largest absolute Gasteiger partial charge is 0.208 e. The van der Waals surface area contributed by atoms with Gasteiger partial charge in [0, 0.05) is 27.7 Å². The Bertz CT molecular complexity index is 2600. The summed E-state index contributed by atoms with van der Waals surface area (Å²) in [4.78, 5) is 14.7. The van der Waals surface area contributed by atoms with E-state index in [4.69, 9.17) is 15.0 Å². The first-order chi connectivity index (χ1) is 25.0. The Balaban J connectivity index is 1.11. The highest BCUT2D eigenvalue weighted by Crippen LogP contribution is 2.51. The molecule has 9 rings (SSSR count). The zero-order valence-corrected chi connectivity index (χ0v) is 28.3. The van der Waals surface area contributed by atoms with Crippen LogP contribution in [0.25, 0.3) is 78.3 Å². The lowest BCUT2D eigenvalue weighted by molar-refractivity contribution is 0.660. The van der Waals surface area contributed by atoms with Gasteiger partial charge >= 0.3 is 0 Å². The first-order valence-electron chi connectivity index (χ1n) is 17.2. The van der Waals surface area contributed by atoms with E-state index < -0.39 is 0 Å². The van der Waals surface area contributed by atoms with Gasteiger partial charge in [0.25, 0.3) is 0 Å². The van der Waals surface area contributed by atoms with Crippen LogP contribution >= 0.6 is 0 Å². The van der Waals surface area contributed by atoms with Gasteiger partial charge in [0.15, 0.2) is 17.5 Å². The third-order valence-corrected chi connectivity index (χ3v) is 10.2. The molecule has 4 nitrogen and oxygen atoms in total. The lowest BCUT2D eigenvalue weighted by Crippen LogP contribution is -2.15. The van der Waals surface area contributed by atoms with Crippen molar-refractivity contribution in [1.82, 2.24) is 15.0 Å². The highest BCUT2D eigenvalue weighted by Gasteiger charge is 2.37. The van der Waals surface area contributed by atoms with Crippen LogP contribution in [0.4, 0.5) is 0 Å². The van der Waals surface area contributed by atoms with Crippen LogP contribution < -0.4 is 0 Å². The lowest BCUT2D eigenvalue weighted by atomic mass is 9.81. The van der Waals surface area contributed by atoms with E-state index in [1.165, 1.54) is 38.6 Å². The Morgan fingerprint density at radius 1 is 0.431 bits per heavy atom. The van der Waals surface area contributed by atoms with Crippen LogP contribution in [0.15, 0.2) is 158 Å². The summed E-state index contributed by atoms with van der Waals surface area (Å²) < 4.78 is 0. The highest BCUT2D eigenvalue weighted by molar-refractivity contribution is 6.05. The fraction of sp³-hybridized carbons (Fsp3) is 0.0638. The Hall–Kier alpha value is -6.70. The first-order valence-corrected chi connectivity index (χ1v) is 17.2. The first kappa shape index (κ1) is 30.4. The topological polar surface area (TPSA) is 62.5 Å². The van der Waals surface area contributed by atoms with E-state index in [1.54, 1.807) is 0 Å². The summed E-state index contributed by atoms with van der Waals surface area (Å²) in [6.07, 6.45) is 0. The molecule has 1 aliphatic carbocycles. The second-order valence-electron chi connectivity index (χ2n) is 13.5. The Labute approximate surface area is 297 Å². The van der Waals surface area contributed by atoms with Crippen molar-refractivity contribution in [1.29, 1.82) is 5.26 Å². The highest BCUT2D eigenvalue weighted by atomic mass is 15.0. The molecular weight excluding hydrogens is 621 g/mol. The molecule has 1 aromatic heterocycles. The number of nitriles is 1. The van der Waals surface area contributed by atoms with Gasteiger partial charge in [-0.2, -0.15) is 5.26 Å². The maximum Gasteiger partial charge on any atom is 0.164 e. The molecule has 0 bridgehead atoms. The second-order valence-corrected chi connectivity index (χ2v) is 13.5. The summed E-state index contributed by atoms with van der Waals surface area (Å²) in [6.45, 7) is 4.52. The number of nitrogens with zero attached hydrogens (tertiary/aromatic N) is 4. The van der Waals surface area contributed by atoms with Crippen LogP contribution in [0.3, 0.4) is 0 Å². The van der Waals surface area contributed by atoms with E-state index in [2.05, 4.69) is 105 Å².